The fourth-order valence-electron chi connectivity index (χ4n) is 4.47. The summed E-state index contributed by atoms with van der Waals surface area (Å²) in [6, 6.07) is 8.51. The van der Waals surface area contributed by atoms with E-state index in [2.05, 4.69) is 16.5 Å². The number of pyridine rings is 1. The Balaban J connectivity index is 1.71. The highest BCUT2D eigenvalue weighted by Crippen LogP contribution is 2.33. The van der Waals surface area contributed by atoms with Gasteiger partial charge in [0.2, 0.25) is 0 Å². The Kier molecular flexibility index (Phi) is 6.86. The van der Waals surface area contributed by atoms with Crippen molar-refractivity contribution in [2.75, 3.05) is 6.54 Å². The van der Waals surface area contributed by atoms with Gasteiger partial charge in [0.1, 0.15) is 17.2 Å². The largest absolute Gasteiger partial charge is 0.331 e. The molecule has 0 aliphatic heterocycles. The Morgan fingerprint density at radius 1 is 1.23 bits per heavy atom. The van der Waals surface area contributed by atoms with Crippen LogP contribution in [0.2, 0.25) is 5.02 Å². The van der Waals surface area contributed by atoms with E-state index >= 15 is 0 Å². The zero-order chi connectivity index (χ0) is 21.8. The quantitative estimate of drug-likeness (QED) is 0.392. The van der Waals surface area contributed by atoms with Crippen molar-refractivity contribution in [1.82, 2.24) is 19.4 Å². The zero-order valence-electron chi connectivity index (χ0n) is 17.9. The second-order valence-corrected chi connectivity index (χ2v) is 8.62. The minimum absolute atomic E-state index is 0.0673. The molecule has 1 saturated carbocycles. The van der Waals surface area contributed by atoms with Crippen LogP contribution in [0.15, 0.2) is 36.5 Å². The van der Waals surface area contributed by atoms with Gasteiger partial charge in [-0.2, -0.15) is 0 Å². The molecule has 2 heterocycles. The third-order valence-corrected chi connectivity index (χ3v) is 6.35. The molecule has 0 N–H and O–H groups in total. The molecular weight excluding hydrogens is 415 g/mol. The van der Waals surface area contributed by atoms with Crippen LogP contribution in [-0.4, -0.2) is 31.9 Å². The summed E-state index contributed by atoms with van der Waals surface area (Å²) >= 11 is 6.21. The van der Waals surface area contributed by atoms with Gasteiger partial charge in [0, 0.05) is 18.8 Å². The molecule has 2 aromatic heterocycles. The molecule has 3 aromatic rings. The van der Waals surface area contributed by atoms with Crippen molar-refractivity contribution in [1.29, 1.82) is 0 Å². The highest BCUT2D eigenvalue weighted by atomic mass is 35.5. The molecule has 0 atom stereocenters. The van der Waals surface area contributed by atoms with Gasteiger partial charge in [0.05, 0.1) is 17.1 Å². The molecule has 0 spiro atoms. The van der Waals surface area contributed by atoms with Gasteiger partial charge in [-0.05, 0) is 43.5 Å². The van der Waals surface area contributed by atoms with E-state index in [0.717, 1.165) is 49.1 Å². The molecule has 1 aromatic carbocycles. The average Bonchev–Trinajstić information content (AvgIpc) is 3.40. The minimum atomic E-state index is -0.594. The molecule has 0 bridgehead atoms. The second kappa shape index (κ2) is 9.77. The SMILES string of the molecule is CCCCCN(Cc1nc2cccnc2n1C1CCCC1)C(=O)c1c(F)cccc1Cl. The van der Waals surface area contributed by atoms with Crippen molar-refractivity contribution in [3.63, 3.8) is 0 Å². The summed E-state index contributed by atoms with van der Waals surface area (Å²) in [5.74, 6) is -0.181. The first-order chi connectivity index (χ1) is 15.1. The Morgan fingerprint density at radius 2 is 2.03 bits per heavy atom. The summed E-state index contributed by atoms with van der Waals surface area (Å²) in [6.07, 6.45) is 9.18. The number of carbonyl (C=O) groups is 1. The van der Waals surface area contributed by atoms with Crippen LogP contribution in [0.25, 0.3) is 11.2 Å². The molecule has 0 unspecified atom stereocenters. The fourth-order valence-corrected chi connectivity index (χ4v) is 4.71. The number of hydrogen-bond acceptors (Lipinski definition) is 3. The third-order valence-electron chi connectivity index (χ3n) is 6.04. The van der Waals surface area contributed by atoms with E-state index in [-0.39, 0.29) is 10.6 Å². The third kappa shape index (κ3) is 4.59. The number of fused-ring (bicyclic) bond motifs is 1. The van der Waals surface area contributed by atoms with Crippen molar-refractivity contribution < 1.29 is 9.18 Å². The number of carbonyl (C=O) groups excluding carboxylic acids is 1. The van der Waals surface area contributed by atoms with Gasteiger partial charge < -0.3 is 9.47 Å². The van der Waals surface area contributed by atoms with Crippen molar-refractivity contribution >= 4 is 28.7 Å². The van der Waals surface area contributed by atoms with Gasteiger partial charge in [0.25, 0.3) is 5.91 Å². The van der Waals surface area contributed by atoms with Crippen LogP contribution in [0.4, 0.5) is 4.39 Å². The Hall–Kier alpha value is -2.47. The average molecular weight is 443 g/mol. The molecule has 0 radical (unpaired) electrons. The van der Waals surface area contributed by atoms with Gasteiger partial charge in [-0.1, -0.05) is 50.3 Å². The van der Waals surface area contributed by atoms with Gasteiger partial charge in [-0.3, -0.25) is 4.79 Å². The molecule has 31 heavy (non-hydrogen) atoms. The summed E-state index contributed by atoms with van der Waals surface area (Å²) in [5, 5.41) is 0.136. The van der Waals surface area contributed by atoms with Gasteiger partial charge in [-0.15, -0.1) is 0 Å². The molecule has 1 fully saturated rings. The first-order valence-electron chi connectivity index (χ1n) is 11.1. The lowest BCUT2D eigenvalue weighted by atomic mass is 10.1. The van der Waals surface area contributed by atoms with E-state index in [9.17, 15) is 9.18 Å². The molecule has 1 amide bonds. The number of hydrogen-bond donors (Lipinski definition) is 0. The summed E-state index contributed by atoms with van der Waals surface area (Å²) < 4.78 is 16.7. The van der Waals surface area contributed by atoms with E-state index in [1.54, 1.807) is 17.2 Å². The van der Waals surface area contributed by atoms with Crippen LogP contribution in [-0.2, 0) is 6.54 Å². The van der Waals surface area contributed by atoms with E-state index in [1.807, 2.05) is 12.1 Å². The predicted octanol–water partition coefficient (Wildman–Crippen LogP) is 6.17. The first kappa shape index (κ1) is 21.8. The maximum atomic E-state index is 14.5. The molecular formula is C24H28ClFN4O. The van der Waals surface area contributed by atoms with Crippen molar-refractivity contribution in [2.24, 2.45) is 0 Å². The van der Waals surface area contributed by atoms with Crippen LogP contribution in [0.1, 0.15) is 74.1 Å². The van der Waals surface area contributed by atoms with Gasteiger partial charge >= 0.3 is 0 Å². The maximum absolute atomic E-state index is 14.5. The number of amides is 1. The lowest BCUT2D eigenvalue weighted by Gasteiger charge is -2.25. The Bertz CT molecular complexity index is 1040. The Morgan fingerprint density at radius 3 is 2.77 bits per heavy atom. The summed E-state index contributed by atoms with van der Waals surface area (Å²) in [6.45, 7) is 2.95. The Labute approximate surface area is 187 Å². The summed E-state index contributed by atoms with van der Waals surface area (Å²) in [7, 11) is 0. The number of halogens is 2. The van der Waals surface area contributed by atoms with E-state index in [1.165, 1.54) is 25.0 Å². The summed E-state index contributed by atoms with van der Waals surface area (Å²) in [4.78, 5) is 24.5. The molecule has 1 aliphatic rings. The van der Waals surface area contributed by atoms with Crippen LogP contribution in [0.5, 0.6) is 0 Å². The zero-order valence-corrected chi connectivity index (χ0v) is 18.6. The molecule has 0 saturated heterocycles. The monoisotopic (exact) mass is 442 g/mol. The standard InChI is InChI=1S/C24H28ClFN4O/c1-2-3-6-15-29(24(31)22-18(25)11-7-12-19(22)26)16-21-28-20-13-8-14-27-23(20)30(21)17-9-4-5-10-17/h7-8,11-14,17H,2-6,9-10,15-16H2,1H3. The van der Waals surface area contributed by atoms with Gasteiger partial charge in [-0.25, -0.2) is 14.4 Å². The molecule has 164 valence electrons. The smallest absolute Gasteiger partial charge is 0.258 e. The number of imidazole rings is 1. The highest BCUT2D eigenvalue weighted by molar-refractivity contribution is 6.33. The van der Waals surface area contributed by atoms with Crippen LogP contribution in [0, 0.1) is 5.82 Å². The normalized spacial score (nSPS) is 14.4. The fraction of sp³-hybridized carbons (Fsp3) is 0.458. The lowest BCUT2D eigenvalue weighted by Crippen LogP contribution is -2.33. The van der Waals surface area contributed by atoms with Gasteiger partial charge in [0.15, 0.2) is 5.65 Å². The minimum Gasteiger partial charge on any atom is -0.331 e. The molecule has 1 aliphatic carbocycles. The predicted molar refractivity (Wildman–Crippen MR) is 121 cm³/mol. The summed E-state index contributed by atoms with van der Waals surface area (Å²) in [5.41, 5.74) is 1.62. The molecule has 7 heteroatoms. The number of rotatable bonds is 8. The topological polar surface area (TPSA) is 51.0 Å². The van der Waals surface area contributed by atoms with Crippen molar-refractivity contribution in [3.05, 3.63) is 58.8 Å². The lowest BCUT2D eigenvalue weighted by molar-refractivity contribution is 0.0728. The number of benzene rings is 1. The van der Waals surface area contributed by atoms with E-state index < -0.39 is 11.7 Å². The van der Waals surface area contributed by atoms with E-state index in [0.29, 0.717) is 19.1 Å². The number of aromatic nitrogens is 3. The maximum Gasteiger partial charge on any atom is 0.258 e. The van der Waals surface area contributed by atoms with Crippen LogP contribution in [0.3, 0.4) is 0 Å². The first-order valence-corrected chi connectivity index (χ1v) is 11.5. The van der Waals surface area contributed by atoms with E-state index in [4.69, 9.17) is 16.6 Å². The van der Waals surface area contributed by atoms with Crippen LogP contribution >= 0.6 is 11.6 Å². The number of unbranched alkanes of at least 4 members (excludes halogenated alkanes) is 2. The molecule has 5 nitrogen and oxygen atoms in total. The van der Waals surface area contributed by atoms with Crippen molar-refractivity contribution in [3.8, 4) is 0 Å². The highest BCUT2D eigenvalue weighted by Gasteiger charge is 2.27. The molecule has 4 rings (SSSR count). The van der Waals surface area contributed by atoms with Crippen LogP contribution < -0.4 is 0 Å². The number of nitrogens with zero attached hydrogens (tertiary/aromatic N) is 4. The second-order valence-electron chi connectivity index (χ2n) is 8.21. The van der Waals surface area contributed by atoms with Crippen molar-refractivity contribution in [2.45, 2.75) is 64.5 Å².